The minimum Gasteiger partial charge on any atom is -0.505 e. The summed E-state index contributed by atoms with van der Waals surface area (Å²) in [5, 5.41) is 12.4. The molecule has 0 fully saturated rings. The quantitative estimate of drug-likeness (QED) is 0.601. The predicted octanol–water partition coefficient (Wildman–Crippen LogP) is 2.67. The molecule has 0 atom stereocenters. The number of phenols is 1. The van der Waals surface area contributed by atoms with E-state index in [1.165, 1.54) is 6.07 Å². The molecular weight excluding hydrogens is 308 g/mol. The summed E-state index contributed by atoms with van der Waals surface area (Å²) in [5.74, 6) is -0.538. The van der Waals surface area contributed by atoms with E-state index < -0.39 is 0 Å². The molecule has 4 nitrogen and oxygen atoms in total. The summed E-state index contributed by atoms with van der Waals surface area (Å²) in [6.07, 6.45) is 0. The number of nitrogens with two attached hydrogens (primary N) is 1. The number of nitrogens with one attached hydrogen (secondary N) is 1. The van der Waals surface area contributed by atoms with Gasteiger partial charge in [0.15, 0.2) is 5.75 Å². The van der Waals surface area contributed by atoms with Crippen LogP contribution in [0.3, 0.4) is 0 Å². The highest BCUT2D eigenvalue weighted by Crippen LogP contribution is 2.24. The minimum absolute atomic E-state index is 0.178. The molecule has 0 aliphatic heterocycles. The predicted molar refractivity (Wildman–Crippen MR) is 77.8 cm³/mol. The molecule has 0 aliphatic carbocycles. The molecule has 0 bridgehead atoms. The average molecular weight is 321 g/mol. The summed E-state index contributed by atoms with van der Waals surface area (Å²) in [6, 6.07) is 12.3. The maximum absolute atomic E-state index is 11.9. The van der Waals surface area contributed by atoms with Crippen LogP contribution >= 0.6 is 15.9 Å². The van der Waals surface area contributed by atoms with E-state index in [0.29, 0.717) is 6.54 Å². The Morgan fingerprint density at radius 1 is 1.21 bits per heavy atom. The van der Waals surface area contributed by atoms with Crippen LogP contribution in [0, 0.1) is 0 Å². The molecule has 0 radical (unpaired) electrons. The number of amides is 1. The van der Waals surface area contributed by atoms with Gasteiger partial charge < -0.3 is 16.2 Å². The van der Waals surface area contributed by atoms with E-state index in [1.54, 1.807) is 12.1 Å². The summed E-state index contributed by atoms with van der Waals surface area (Å²) in [7, 11) is 0. The number of anilines is 1. The molecule has 19 heavy (non-hydrogen) atoms. The van der Waals surface area contributed by atoms with Crippen molar-refractivity contribution in [1.82, 2.24) is 5.32 Å². The zero-order valence-electron chi connectivity index (χ0n) is 10.1. The van der Waals surface area contributed by atoms with E-state index in [1.807, 2.05) is 24.3 Å². The van der Waals surface area contributed by atoms with Gasteiger partial charge in [0.25, 0.3) is 5.91 Å². The first-order valence-electron chi connectivity index (χ1n) is 5.68. The van der Waals surface area contributed by atoms with Crippen LogP contribution in [0.1, 0.15) is 15.9 Å². The number of nitrogen functional groups attached to an aromatic ring is 1. The Morgan fingerprint density at radius 2 is 1.89 bits per heavy atom. The molecule has 98 valence electrons. The number of aromatic hydroxyl groups is 1. The van der Waals surface area contributed by atoms with Gasteiger partial charge in [-0.3, -0.25) is 4.79 Å². The lowest BCUT2D eigenvalue weighted by Gasteiger charge is -2.08. The molecule has 4 N–H and O–H groups in total. The highest BCUT2D eigenvalue weighted by Gasteiger charge is 2.12. The molecule has 2 aromatic carbocycles. The molecule has 2 rings (SSSR count). The summed E-state index contributed by atoms with van der Waals surface area (Å²) in [4.78, 5) is 11.9. The van der Waals surface area contributed by atoms with Crippen LogP contribution in [-0.2, 0) is 6.54 Å². The first kappa shape index (κ1) is 13.4. The molecular formula is C14H13BrN2O2. The average Bonchev–Trinajstić information content (AvgIpc) is 2.41. The molecule has 0 heterocycles. The van der Waals surface area contributed by atoms with E-state index in [4.69, 9.17) is 5.73 Å². The molecule has 2 aromatic rings. The fraction of sp³-hybridized carbons (Fsp3) is 0.0714. The zero-order valence-corrected chi connectivity index (χ0v) is 11.6. The molecule has 5 heteroatoms. The van der Waals surface area contributed by atoms with Gasteiger partial charge in [0.1, 0.15) is 0 Å². The molecule has 0 spiro atoms. The van der Waals surface area contributed by atoms with Crippen molar-refractivity contribution in [3.8, 4) is 5.75 Å². The topological polar surface area (TPSA) is 75.4 Å². The Bertz CT molecular complexity index is 597. The third-order valence-corrected chi connectivity index (χ3v) is 3.21. The van der Waals surface area contributed by atoms with Crippen molar-refractivity contribution < 1.29 is 9.90 Å². The third-order valence-electron chi connectivity index (χ3n) is 2.68. The molecule has 0 saturated carbocycles. The van der Waals surface area contributed by atoms with Gasteiger partial charge in [-0.05, 0) is 29.8 Å². The van der Waals surface area contributed by atoms with Crippen LogP contribution in [0.2, 0.25) is 0 Å². The monoisotopic (exact) mass is 320 g/mol. The fourth-order valence-electron chi connectivity index (χ4n) is 1.62. The van der Waals surface area contributed by atoms with Crippen LogP contribution < -0.4 is 11.1 Å². The van der Waals surface area contributed by atoms with E-state index in [-0.39, 0.29) is 22.9 Å². The van der Waals surface area contributed by atoms with Crippen LogP contribution in [0.4, 0.5) is 5.69 Å². The Balaban J connectivity index is 2.05. The second-order valence-corrected chi connectivity index (χ2v) is 4.97. The summed E-state index contributed by atoms with van der Waals surface area (Å²) in [5.41, 5.74) is 6.89. The lowest BCUT2D eigenvalue weighted by atomic mass is 10.1. The van der Waals surface area contributed by atoms with Gasteiger partial charge in [0.2, 0.25) is 0 Å². The smallest absolute Gasteiger partial charge is 0.255 e. The molecule has 0 aliphatic rings. The van der Waals surface area contributed by atoms with Gasteiger partial charge >= 0.3 is 0 Å². The fourth-order valence-corrected chi connectivity index (χ4v) is 1.89. The largest absolute Gasteiger partial charge is 0.505 e. The van der Waals surface area contributed by atoms with Crippen molar-refractivity contribution >= 4 is 27.5 Å². The highest BCUT2D eigenvalue weighted by atomic mass is 79.9. The van der Waals surface area contributed by atoms with Crippen LogP contribution in [-0.4, -0.2) is 11.0 Å². The van der Waals surface area contributed by atoms with Crippen molar-refractivity contribution in [3.63, 3.8) is 0 Å². The van der Waals surface area contributed by atoms with Gasteiger partial charge in [-0.2, -0.15) is 0 Å². The van der Waals surface area contributed by atoms with Crippen molar-refractivity contribution in [2.24, 2.45) is 0 Å². The Hall–Kier alpha value is -2.01. The second kappa shape index (κ2) is 5.75. The van der Waals surface area contributed by atoms with E-state index in [0.717, 1.165) is 10.0 Å². The van der Waals surface area contributed by atoms with Gasteiger partial charge in [-0.25, -0.2) is 0 Å². The highest BCUT2D eigenvalue weighted by molar-refractivity contribution is 9.10. The molecule has 1 amide bonds. The Morgan fingerprint density at radius 3 is 2.58 bits per heavy atom. The van der Waals surface area contributed by atoms with E-state index in [2.05, 4.69) is 21.2 Å². The lowest BCUT2D eigenvalue weighted by molar-refractivity contribution is 0.0948. The van der Waals surface area contributed by atoms with Crippen LogP contribution in [0.15, 0.2) is 46.9 Å². The number of carbonyl (C=O) groups excluding carboxylic acids is 1. The zero-order chi connectivity index (χ0) is 13.8. The van der Waals surface area contributed by atoms with Crippen molar-refractivity contribution in [1.29, 1.82) is 0 Å². The van der Waals surface area contributed by atoms with Gasteiger partial charge in [-0.1, -0.05) is 34.1 Å². The Labute approximate surface area is 119 Å². The number of hydrogen-bond donors (Lipinski definition) is 3. The van der Waals surface area contributed by atoms with Crippen molar-refractivity contribution in [3.05, 3.63) is 58.1 Å². The SMILES string of the molecule is Nc1cccc(C(=O)NCc2ccc(Br)cc2)c1O. The van der Waals surface area contributed by atoms with Gasteiger partial charge in [0.05, 0.1) is 11.3 Å². The molecule has 0 saturated heterocycles. The maximum atomic E-state index is 11.9. The number of carbonyl (C=O) groups is 1. The maximum Gasteiger partial charge on any atom is 0.255 e. The molecule has 0 unspecified atom stereocenters. The number of benzene rings is 2. The Kier molecular flexibility index (Phi) is 4.06. The summed E-state index contributed by atoms with van der Waals surface area (Å²) >= 11 is 3.35. The number of para-hydroxylation sites is 1. The second-order valence-electron chi connectivity index (χ2n) is 4.05. The van der Waals surface area contributed by atoms with Crippen LogP contribution in [0.5, 0.6) is 5.75 Å². The van der Waals surface area contributed by atoms with Gasteiger partial charge in [-0.15, -0.1) is 0 Å². The summed E-state index contributed by atoms with van der Waals surface area (Å²) in [6.45, 7) is 0.389. The minimum atomic E-state index is -0.354. The van der Waals surface area contributed by atoms with E-state index in [9.17, 15) is 9.90 Å². The van der Waals surface area contributed by atoms with Crippen molar-refractivity contribution in [2.45, 2.75) is 6.54 Å². The number of hydrogen-bond acceptors (Lipinski definition) is 3. The number of rotatable bonds is 3. The standard InChI is InChI=1S/C14H13BrN2O2/c15-10-6-4-9(5-7-10)8-17-14(19)11-2-1-3-12(16)13(11)18/h1-7,18H,8,16H2,(H,17,19). The van der Waals surface area contributed by atoms with Gasteiger partial charge in [0, 0.05) is 11.0 Å². The first-order chi connectivity index (χ1) is 9.08. The van der Waals surface area contributed by atoms with Crippen LogP contribution in [0.25, 0.3) is 0 Å². The third kappa shape index (κ3) is 3.26. The normalized spacial score (nSPS) is 10.2. The number of phenolic OH excluding ortho intramolecular Hbond substituents is 1. The first-order valence-corrected chi connectivity index (χ1v) is 6.47. The lowest BCUT2D eigenvalue weighted by Crippen LogP contribution is -2.23. The molecule has 0 aromatic heterocycles. The van der Waals surface area contributed by atoms with Crippen molar-refractivity contribution in [2.75, 3.05) is 5.73 Å². The number of halogens is 1. The van der Waals surface area contributed by atoms with E-state index >= 15 is 0 Å². The summed E-state index contributed by atoms with van der Waals surface area (Å²) < 4.78 is 0.982.